The number of aryl methyl sites for hydroxylation is 2. The van der Waals surface area contributed by atoms with Gasteiger partial charge in [0.05, 0.1) is 0 Å². The molecular formula is C11H19N5. The van der Waals surface area contributed by atoms with Crippen molar-refractivity contribution in [2.75, 3.05) is 11.9 Å². The number of nitrogens with zero attached hydrogens (tertiary/aromatic N) is 3. The van der Waals surface area contributed by atoms with E-state index in [0.29, 0.717) is 11.9 Å². The van der Waals surface area contributed by atoms with Crippen LogP contribution < -0.4 is 11.1 Å². The van der Waals surface area contributed by atoms with Crippen LogP contribution in [-0.2, 0) is 0 Å². The van der Waals surface area contributed by atoms with E-state index in [1.165, 1.54) is 0 Å². The predicted molar refractivity (Wildman–Crippen MR) is 66.5 cm³/mol. The lowest BCUT2D eigenvalue weighted by atomic mass is 10.3. The zero-order valence-corrected chi connectivity index (χ0v) is 10.1. The third kappa shape index (κ3) is 4.25. The molecule has 0 amide bonds. The fourth-order valence-corrected chi connectivity index (χ4v) is 1.29. The molecule has 0 aromatic carbocycles. The first-order chi connectivity index (χ1) is 7.61. The van der Waals surface area contributed by atoms with Crippen molar-refractivity contribution in [1.82, 2.24) is 9.97 Å². The zero-order chi connectivity index (χ0) is 12.0. The lowest BCUT2D eigenvalue weighted by Crippen LogP contribution is -2.24. The van der Waals surface area contributed by atoms with Crippen LogP contribution in [0.25, 0.3) is 0 Å². The molecule has 0 spiro atoms. The maximum atomic E-state index is 5.71. The summed E-state index contributed by atoms with van der Waals surface area (Å²) in [6.07, 6.45) is 2.15. The Hall–Kier alpha value is -1.65. The molecule has 0 saturated carbocycles. The number of rotatable bonds is 4. The second-order valence-electron chi connectivity index (χ2n) is 3.72. The normalized spacial score (nSPS) is 11.6. The summed E-state index contributed by atoms with van der Waals surface area (Å²) in [4.78, 5) is 12.6. The average molecular weight is 221 g/mol. The van der Waals surface area contributed by atoms with Gasteiger partial charge >= 0.3 is 0 Å². The standard InChI is InChI=1S/C11H19N5/c1-4-5-6-13-10(12)16-11-14-8(2)7-9(3)15-11/h7H,4-6H2,1-3H3,(H3,12,13,14,15,16). The number of guanidine groups is 1. The largest absolute Gasteiger partial charge is 0.370 e. The van der Waals surface area contributed by atoms with Crippen LogP contribution in [0.2, 0.25) is 0 Å². The Morgan fingerprint density at radius 2 is 2.00 bits per heavy atom. The monoisotopic (exact) mass is 221 g/mol. The summed E-state index contributed by atoms with van der Waals surface area (Å²) >= 11 is 0. The Morgan fingerprint density at radius 3 is 2.56 bits per heavy atom. The van der Waals surface area contributed by atoms with E-state index < -0.39 is 0 Å². The van der Waals surface area contributed by atoms with Gasteiger partial charge in [0.1, 0.15) is 0 Å². The summed E-state index contributed by atoms with van der Waals surface area (Å²) < 4.78 is 0. The molecule has 88 valence electrons. The minimum absolute atomic E-state index is 0.374. The van der Waals surface area contributed by atoms with Gasteiger partial charge in [-0.2, -0.15) is 0 Å². The van der Waals surface area contributed by atoms with Gasteiger partial charge in [0, 0.05) is 17.9 Å². The van der Waals surface area contributed by atoms with E-state index in [4.69, 9.17) is 5.73 Å². The molecule has 5 heteroatoms. The summed E-state index contributed by atoms with van der Waals surface area (Å²) in [6.45, 7) is 6.70. The average Bonchev–Trinajstić information content (AvgIpc) is 2.16. The third-order valence-electron chi connectivity index (χ3n) is 2.02. The molecule has 3 N–H and O–H groups in total. The first-order valence-electron chi connectivity index (χ1n) is 5.51. The van der Waals surface area contributed by atoms with E-state index in [1.807, 2.05) is 19.9 Å². The van der Waals surface area contributed by atoms with Crippen molar-refractivity contribution in [1.29, 1.82) is 0 Å². The summed E-state index contributed by atoms with van der Waals surface area (Å²) in [5.74, 6) is 0.883. The SMILES string of the molecule is CCCCN=C(N)Nc1nc(C)cc(C)n1. The van der Waals surface area contributed by atoms with Gasteiger partial charge in [-0.1, -0.05) is 13.3 Å². The molecule has 0 saturated heterocycles. The number of aromatic nitrogens is 2. The van der Waals surface area contributed by atoms with Gasteiger partial charge in [0.25, 0.3) is 0 Å². The highest BCUT2D eigenvalue weighted by Crippen LogP contribution is 2.02. The topological polar surface area (TPSA) is 76.2 Å². The number of nitrogens with two attached hydrogens (primary N) is 1. The summed E-state index contributed by atoms with van der Waals surface area (Å²) in [6, 6.07) is 1.91. The molecule has 0 aliphatic carbocycles. The third-order valence-corrected chi connectivity index (χ3v) is 2.02. The molecule has 16 heavy (non-hydrogen) atoms. The van der Waals surface area contributed by atoms with Crippen LogP contribution in [0.1, 0.15) is 31.2 Å². The highest BCUT2D eigenvalue weighted by molar-refractivity contribution is 5.90. The first-order valence-corrected chi connectivity index (χ1v) is 5.51. The Bertz CT molecular complexity index is 352. The van der Waals surface area contributed by atoms with Gasteiger partial charge in [-0.3, -0.25) is 10.3 Å². The first kappa shape index (κ1) is 12.4. The van der Waals surface area contributed by atoms with Gasteiger partial charge in [-0.25, -0.2) is 9.97 Å². The van der Waals surface area contributed by atoms with Crippen molar-refractivity contribution < 1.29 is 0 Å². The van der Waals surface area contributed by atoms with E-state index in [1.54, 1.807) is 0 Å². The van der Waals surface area contributed by atoms with Gasteiger partial charge in [0.2, 0.25) is 5.95 Å². The predicted octanol–water partition coefficient (Wildman–Crippen LogP) is 1.62. The van der Waals surface area contributed by atoms with Crippen molar-refractivity contribution in [3.8, 4) is 0 Å². The van der Waals surface area contributed by atoms with E-state index >= 15 is 0 Å². The van der Waals surface area contributed by atoms with Crippen LogP contribution in [0.4, 0.5) is 5.95 Å². The fourth-order valence-electron chi connectivity index (χ4n) is 1.29. The number of hydrogen-bond acceptors (Lipinski definition) is 3. The molecule has 1 aromatic heterocycles. The highest BCUT2D eigenvalue weighted by atomic mass is 15.2. The molecule has 0 fully saturated rings. The van der Waals surface area contributed by atoms with Crippen molar-refractivity contribution >= 4 is 11.9 Å². The van der Waals surface area contributed by atoms with E-state index in [0.717, 1.165) is 30.8 Å². The lowest BCUT2D eigenvalue weighted by Gasteiger charge is -2.05. The summed E-state index contributed by atoms with van der Waals surface area (Å²) in [7, 11) is 0. The number of aliphatic imine (C=N–C) groups is 1. The number of hydrogen-bond donors (Lipinski definition) is 2. The molecule has 0 unspecified atom stereocenters. The Balaban J connectivity index is 2.61. The Kier molecular flexibility index (Phi) is 4.69. The molecule has 0 radical (unpaired) electrons. The lowest BCUT2D eigenvalue weighted by molar-refractivity contribution is 0.807. The second-order valence-corrected chi connectivity index (χ2v) is 3.72. The Labute approximate surface area is 96.2 Å². The number of unbranched alkanes of at least 4 members (excludes halogenated alkanes) is 1. The van der Waals surface area contributed by atoms with E-state index in [2.05, 4.69) is 27.2 Å². The quantitative estimate of drug-likeness (QED) is 0.460. The molecule has 0 aliphatic heterocycles. The minimum atomic E-state index is 0.374. The van der Waals surface area contributed by atoms with Crippen LogP contribution in [0.5, 0.6) is 0 Å². The molecule has 1 heterocycles. The van der Waals surface area contributed by atoms with Crippen molar-refractivity contribution in [2.45, 2.75) is 33.6 Å². The minimum Gasteiger partial charge on any atom is -0.370 e. The van der Waals surface area contributed by atoms with Gasteiger partial charge in [-0.15, -0.1) is 0 Å². The van der Waals surface area contributed by atoms with Crippen molar-refractivity contribution in [2.24, 2.45) is 10.7 Å². The van der Waals surface area contributed by atoms with Crippen LogP contribution >= 0.6 is 0 Å². The van der Waals surface area contributed by atoms with Gasteiger partial charge in [-0.05, 0) is 26.3 Å². The maximum absolute atomic E-state index is 5.71. The van der Waals surface area contributed by atoms with Crippen LogP contribution in [-0.4, -0.2) is 22.5 Å². The van der Waals surface area contributed by atoms with Crippen LogP contribution in [0.3, 0.4) is 0 Å². The molecule has 0 aliphatic rings. The molecular weight excluding hydrogens is 202 g/mol. The number of nitrogens with one attached hydrogen (secondary N) is 1. The van der Waals surface area contributed by atoms with Gasteiger partial charge in [0.15, 0.2) is 5.96 Å². The zero-order valence-electron chi connectivity index (χ0n) is 10.1. The van der Waals surface area contributed by atoms with Crippen molar-refractivity contribution in [3.05, 3.63) is 17.5 Å². The van der Waals surface area contributed by atoms with E-state index in [9.17, 15) is 0 Å². The molecule has 1 rings (SSSR count). The summed E-state index contributed by atoms with van der Waals surface area (Å²) in [5, 5.41) is 2.89. The smallest absolute Gasteiger partial charge is 0.229 e. The maximum Gasteiger partial charge on any atom is 0.229 e. The fraction of sp³-hybridized carbons (Fsp3) is 0.545. The van der Waals surface area contributed by atoms with Gasteiger partial charge < -0.3 is 5.73 Å². The van der Waals surface area contributed by atoms with Crippen LogP contribution in [0, 0.1) is 13.8 Å². The summed E-state index contributed by atoms with van der Waals surface area (Å²) in [5.41, 5.74) is 7.53. The van der Waals surface area contributed by atoms with E-state index in [-0.39, 0.29) is 0 Å². The highest BCUT2D eigenvalue weighted by Gasteiger charge is 2.00. The van der Waals surface area contributed by atoms with Crippen LogP contribution in [0.15, 0.2) is 11.1 Å². The molecule has 0 bridgehead atoms. The number of anilines is 1. The second kappa shape index (κ2) is 6.05. The molecule has 0 atom stereocenters. The van der Waals surface area contributed by atoms with Crippen molar-refractivity contribution in [3.63, 3.8) is 0 Å². The molecule has 5 nitrogen and oxygen atoms in total. The Morgan fingerprint density at radius 1 is 1.38 bits per heavy atom. The molecule has 1 aromatic rings.